The Bertz CT molecular complexity index is 817. The predicted molar refractivity (Wildman–Crippen MR) is 88.3 cm³/mol. The lowest BCUT2D eigenvalue weighted by atomic mass is 10.1. The molecule has 0 fully saturated rings. The summed E-state index contributed by atoms with van der Waals surface area (Å²) in [6.45, 7) is 1.55. The van der Waals surface area contributed by atoms with E-state index in [4.69, 9.17) is 11.6 Å². The number of nitro benzene ring substituents is 1. The molecule has 6 nitrogen and oxygen atoms in total. The van der Waals surface area contributed by atoms with Crippen LogP contribution in [0.25, 0.3) is 0 Å². The molecule has 0 heterocycles. The minimum atomic E-state index is -0.699. The SMILES string of the molecule is C[C@H]([NH2+]CC(=O)Nc1cc(Cl)ccc1[N+](=O)[O-])c1ccc(F)cc1F. The molecule has 0 aliphatic carbocycles. The van der Waals surface area contributed by atoms with Crippen molar-refractivity contribution in [1.29, 1.82) is 0 Å². The third kappa shape index (κ3) is 4.94. The number of anilines is 1. The summed E-state index contributed by atoms with van der Waals surface area (Å²) in [5, 5.41) is 15.1. The Kier molecular flexibility index (Phi) is 6.00. The Morgan fingerprint density at radius 1 is 1.32 bits per heavy atom. The van der Waals surface area contributed by atoms with E-state index in [1.165, 1.54) is 29.6 Å². The summed E-state index contributed by atoms with van der Waals surface area (Å²) in [6, 6.07) is 6.60. The van der Waals surface area contributed by atoms with Crippen LogP contribution in [-0.2, 0) is 4.79 Å². The fourth-order valence-electron chi connectivity index (χ4n) is 2.25. The van der Waals surface area contributed by atoms with Gasteiger partial charge in [0, 0.05) is 22.7 Å². The number of nitrogens with one attached hydrogen (secondary N) is 1. The van der Waals surface area contributed by atoms with Crippen molar-refractivity contribution in [3.05, 3.63) is 68.7 Å². The molecular formula is C16H15ClF2N3O3+. The quantitative estimate of drug-likeness (QED) is 0.605. The van der Waals surface area contributed by atoms with E-state index in [2.05, 4.69) is 5.32 Å². The highest BCUT2D eigenvalue weighted by molar-refractivity contribution is 6.31. The number of halogens is 3. The summed E-state index contributed by atoms with van der Waals surface area (Å²) in [4.78, 5) is 22.3. The van der Waals surface area contributed by atoms with Crippen molar-refractivity contribution >= 4 is 28.9 Å². The second kappa shape index (κ2) is 8.00. The Balaban J connectivity index is 2.01. The summed E-state index contributed by atoms with van der Waals surface area (Å²) in [5.74, 6) is -1.89. The third-order valence-electron chi connectivity index (χ3n) is 3.54. The van der Waals surface area contributed by atoms with Crippen LogP contribution in [0.5, 0.6) is 0 Å². The predicted octanol–water partition coefficient (Wildman–Crippen LogP) is 2.79. The molecule has 0 aliphatic rings. The number of carbonyl (C=O) groups excluding carboxylic acids is 1. The highest BCUT2D eigenvalue weighted by Crippen LogP contribution is 2.27. The number of benzene rings is 2. The second-order valence-electron chi connectivity index (χ2n) is 5.36. The first-order chi connectivity index (χ1) is 11.8. The van der Waals surface area contributed by atoms with Gasteiger partial charge in [0.25, 0.3) is 11.6 Å². The van der Waals surface area contributed by atoms with E-state index in [9.17, 15) is 23.7 Å². The monoisotopic (exact) mass is 370 g/mol. The fourth-order valence-corrected chi connectivity index (χ4v) is 2.42. The van der Waals surface area contributed by atoms with Crippen LogP contribution >= 0.6 is 11.6 Å². The van der Waals surface area contributed by atoms with Crippen molar-refractivity contribution in [3.8, 4) is 0 Å². The molecule has 0 aliphatic heterocycles. The first-order valence-corrected chi connectivity index (χ1v) is 7.68. The van der Waals surface area contributed by atoms with E-state index in [0.717, 1.165) is 12.1 Å². The van der Waals surface area contributed by atoms with E-state index in [-0.39, 0.29) is 28.5 Å². The maximum Gasteiger partial charge on any atom is 0.292 e. The molecule has 0 bridgehead atoms. The maximum atomic E-state index is 13.7. The third-order valence-corrected chi connectivity index (χ3v) is 3.77. The second-order valence-corrected chi connectivity index (χ2v) is 5.80. The van der Waals surface area contributed by atoms with Crippen molar-refractivity contribution in [2.24, 2.45) is 0 Å². The van der Waals surface area contributed by atoms with Crippen molar-refractivity contribution in [1.82, 2.24) is 0 Å². The van der Waals surface area contributed by atoms with Gasteiger partial charge in [-0.15, -0.1) is 0 Å². The number of nitro groups is 1. The average molecular weight is 371 g/mol. The minimum absolute atomic E-state index is 0.0171. The smallest absolute Gasteiger partial charge is 0.292 e. The Labute approximate surface area is 146 Å². The highest BCUT2D eigenvalue weighted by Gasteiger charge is 2.19. The van der Waals surface area contributed by atoms with Crippen LogP contribution in [0.4, 0.5) is 20.2 Å². The van der Waals surface area contributed by atoms with Crippen LogP contribution in [0.1, 0.15) is 18.5 Å². The van der Waals surface area contributed by atoms with Gasteiger partial charge in [-0.05, 0) is 31.2 Å². The van der Waals surface area contributed by atoms with Crippen molar-refractivity contribution in [2.75, 3.05) is 11.9 Å². The zero-order valence-electron chi connectivity index (χ0n) is 13.1. The molecule has 2 aromatic rings. The molecule has 2 aromatic carbocycles. The molecule has 0 saturated carbocycles. The van der Waals surface area contributed by atoms with Gasteiger partial charge in [0.15, 0.2) is 6.54 Å². The summed E-state index contributed by atoms with van der Waals surface area (Å²) in [5.41, 5.74) is -0.0465. The molecule has 0 aromatic heterocycles. The Morgan fingerprint density at radius 3 is 2.68 bits per heavy atom. The van der Waals surface area contributed by atoms with Gasteiger partial charge in [-0.25, -0.2) is 8.78 Å². The number of rotatable bonds is 6. The van der Waals surface area contributed by atoms with E-state index < -0.39 is 28.5 Å². The fraction of sp³-hybridized carbons (Fsp3) is 0.188. The van der Waals surface area contributed by atoms with Crippen molar-refractivity contribution < 1.29 is 23.8 Å². The molecular weight excluding hydrogens is 356 g/mol. The molecule has 3 N–H and O–H groups in total. The van der Waals surface area contributed by atoms with Crippen LogP contribution in [0, 0.1) is 21.7 Å². The molecule has 1 amide bonds. The van der Waals surface area contributed by atoms with E-state index in [1.54, 1.807) is 6.92 Å². The molecule has 1 atom stereocenters. The maximum absolute atomic E-state index is 13.7. The zero-order chi connectivity index (χ0) is 18.6. The first kappa shape index (κ1) is 18.8. The summed E-state index contributed by atoms with van der Waals surface area (Å²) >= 11 is 5.79. The van der Waals surface area contributed by atoms with Crippen LogP contribution < -0.4 is 10.6 Å². The van der Waals surface area contributed by atoms with Gasteiger partial charge in [-0.2, -0.15) is 0 Å². The Morgan fingerprint density at radius 2 is 2.04 bits per heavy atom. The average Bonchev–Trinajstić information content (AvgIpc) is 2.52. The minimum Gasteiger partial charge on any atom is -0.332 e. The van der Waals surface area contributed by atoms with Gasteiger partial charge < -0.3 is 10.6 Å². The standard InChI is InChI=1S/C16H14ClF2N3O3/c1-9(12-4-3-11(18)7-13(12)19)20-8-16(23)21-14-6-10(17)2-5-15(14)22(24)25/h2-7,9,20H,8H2,1H3,(H,21,23)/p+1/t9-/m0/s1. The molecule has 0 unspecified atom stereocenters. The number of hydrogen-bond donors (Lipinski definition) is 2. The van der Waals surface area contributed by atoms with Gasteiger partial charge in [-0.1, -0.05) is 11.6 Å². The molecule has 0 saturated heterocycles. The van der Waals surface area contributed by atoms with Crippen LogP contribution in [0.2, 0.25) is 5.02 Å². The van der Waals surface area contributed by atoms with E-state index in [0.29, 0.717) is 0 Å². The lowest BCUT2D eigenvalue weighted by Crippen LogP contribution is -2.86. The number of carbonyl (C=O) groups is 1. The summed E-state index contributed by atoms with van der Waals surface area (Å²) in [6.07, 6.45) is 0. The summed E-state index contributed by atoms with van der Waals surface area (Å²) in [7, 11) is 0. The zero-order valence-corrected chi connectivity index (χ0v) is 13.9. The van der Waals surface area contributed by atoms with Gasteiger partial charge in [0.2, 0.25) is 0 Å². The van der Waals surface area contributed by atoms with Gasteiger partial charge >= 0.3 is 0 Å². The molecule has 2 rings (SSSR count). The first-order valence-electron chi connectivity index (χ1n) is 7.30. The van der Waals surface area contributed by atoms with E-state index >= 15 is 0 Å². The van der Waals surface area contributed by atoms with Gasteiger partial charge in [0.05, 0.1) is 4.92 Å². The molecule has 25 heavy (non-hydrogen) atoms. The van der Waals surface area contributed by atoms with Crippen LogP contribution in [0.15, 0.2) is 36.4 Å². The largest absolute Gasteiger partial charge is 0.332 e. The van der Waals surface area contributed by atoms with Gasteiger partial charge in [0.1, 0.15) is 23.4 Å². The number of quaternary nitrogens is 1. The number of hydrogen-bond acceptors (Lipinski definition) is 3. The van der Waals surface area contributed by atoms with Crippen molar-refractivity contribution in [2.45, 2.75) is 13.0 Å². The number of nitrogens with two attached hydrogens (primary N) is 1. The molecule has 0 spiro atoms. The lowest BCUT2D eigenvalue weighted by molar-refractivity contribution is -0.682. The van der Waals surface area contributed by atoms with E-state index in [1.807, 2.05) is 0 Å². The molecule has 9 heteroatoms. The lowest BCUT2D eigenvalue weighted by Gasteiger charge is -2.12. The normalized spacial score (nSPS) is 11.8. The van der Waals surface area contributed by atoms with Gasteiger partial charge in [-0.3, -0.25) is 14.9 Å². The molecule has 0 radical (unpaired) electrons. The number of nitrogens with zero attached hydrogens (tertiary/aromatic N) is 1. The van der Waals surface area contributed by atoms with Crippen molar-refractivity contribution in [3.63, 3.8) is 0 Å². The highest BCUT2D eigenvalue weighted by atomic mass is 35.5. The van der Waals surface area contributed by atoms with Crippen LogP contribution in [-0.4, -0.2) is 17.4 Å². The number of amides is 1. The Hall–Kier alpha value is -2.58. The summed E-state index contributed by atoms with van der Waals surface area (Å²) < 4.78 is 26.6. The van der Waals surface area contributed by atoms with Crippen LogP contribution in [0.3, 0.4) is 0 Å². The molecule has 132 valence electrons. The topological polar surface area (TPSA) is 88.8 Å².